The van der Waals surface area contributed by atoms with E-state index >= 15 is 0 Å². The van der Waals surface area contributed by atoms with E-state index in [9.17, 15) is 4.79 Å². The van der Waals surface area contributed by atoms with Crippen molar-refractivity contribution in [3.63, 3.8) is 0 Å². The predicted octanol–water partition coefficient (Wildman–Crippen LogP) is 2.60. The molecule has 2 aromatic rings. The summed E-state index contributed by atoms with van der Waals surface area (Å²) in [6.07, 6.45) is 0. The molecule has 102 valence electrons. The fourth-order valence-corrected chi connectivity index (χ4v) is 1.73. The van der Waals surface area contributed by atoms with Crippen molar-refractivity contribution in [1.29, 1.82) is 5.26 Å². The topological polar surface area (TPSA) is 88.1 Å². The Balaban J connectivity index is 2.13. The zero-order chi connectivity index (χ0) is 14.5. The van der Waals surface area contributed by atoms with E-state index in [-0.39, 0.29) is 17.3 Å². The van der Waals surface area contributed by atoms with Gasteiger partial charge in [-0.05, 0) is 18.2 Å². The van der Waals surface area contributed by atoms with Crippen LogP contribution in [-0.2, 0) is 11.3 Å². The summed E-state index contributed by atoms with van der Waals surface area (Å²) in [5.74, 6) is -0.00807. The van der Waals surface area contributed by atoms with E-state index < -0.39 is 5.91 Å². The van der Waals surface area contributed by atoms with E-state index in [1.807, 2.05) is 6.07 Å². The maximum atomic E-state index is 11.9. The molecule has 0 aliphatic heterocycles. The second-order valence-corrected chi connectivity index (χ2v) is 4.28. The summed E-state index contributed by atoms with van der Waals surface area (Å²) in [5, 5.41) is 15.2. The molecule has 0 fully saturated rings. The standard InChI is InChI=1S/C13H10ClN3O3/c1-19-7-9-5-12(17-20-9)13(18)16-11-3-2-8(6-15)4-10(11)14/h2-5H,7H2,1H3,(H,16,18). The van der Waals surface area contributed by atoms with Crippen LogP contribution in [0.2, 0.25) is 5.02 Å². The molecule has 20 heavy (non-hydrogen) atoms. The lowest BCUT2D eigenvalue weighted by Gasteiger charge is -2.05. The van der Waals surface area contributed by atoms with Crippen molar-refractivity contribution in [3.05, 3.63) is 46.3 Å². The number of benzene rings is 1. The van der Waals surface area contributed by atoms with Gasteiger partial charge in [-0.25, -0.2) is 0 Å². The predicted molar refractivity (Wildman–Crippen MR) is 71.3 cm³/mol. The Kier molecular flexibility index (Phi) is 4.35. The van der Waals surface area contributed by atoms with Crippen molar-refractivity contribution in [3.8, 4) is 6.07 Å². The molecule has 0 atom stereocenters. The van der Waals surface area contributed by atoms with Crippen LogP contribution >= 0.6 is 11.6 Å². The lowest BCUT2D eigenvalue weighted by Crippen LogP contribution is -2.12. The van der Waals surface area contributed by atoms with Gasteiger partial charge in [0.25, 0.3) is 5.91 Å². The number of nitrogens with zero attached hydrogens (tertiary/aromatic N) is 2. The third kappa shape index (κ3) is 3.15. The van der Waals surface area contributed by atoms with Crippen LogP contribution in [0.5, 0.6) is 0 Å². The zero-order valence-electron chi connectivity index (χ0n) is 10.5. The van der Waals surface area contributed by atoms with Gasteiger partial charge in [0.1, 0.15) is 6.61 Å². The van der Waals surface area contributed by atoms with Crippen LogP contribution in [0.15, 0.2) is 28.8 Å². The Morgan fingerprint density at radius 1 is 1.55 bits per heavy atom. The SMILES string of the molecule is COCc1cc(C(=O)Nc2ccc(C#N)cc2Cl)no1. The highest BCUT2D eigenvalue weighted by Crippen LogP contribution is 2.23. The van der Waals surface area contributed by atoms with Gasteiger partial charge >= 0.3 is 0 Å². The van der Waals surface area contributed by atoms with Crippen LogP contribution < -0.4 is 5.32 Å². The molecule has 0 unspecified atom stereocenters. The number of halogens is 1. The maximum Gasteiger partial charge on any atom is 0.277 e. The second-order valence-electron chi connectivity index (χ2n) is 3.87. The number of ether oxygens (including phenoxy) is 1. The molecule has 6 nitrogen and oxygen atoms in total. The summed E-state index contributed by atoms with van der Waals surface area (Å²) in [6, 6.07) is 8.02. The first-order valence-corrected chi connectivity index (χ1v) is 5.97. The molecular formula is C13H10ClN3O3. The van der Waals surface area contributed by atoms with E-state index in [1.165, 1.54) is 19.2 Å². The molecule has 0 radical (unpaired) electrons. The Morgan fingerprint density at radius 3 is 3.00 bits per heavy atom. The molecule has 0 aliphatic carbocycles. The monoisotopic (exact) mass is 291 g/mol. The summed E-state index contributed by atoms with van der Waals surface area (Å²) >= 11 is 5.96. The number of carbonyl (C=O) groups is 1. The van der Waals surface area contributed by atoms with E-state index in [1.54, 1.807) is 12.1 Å². The summed E-state index contributed by atoms with van der Waals surface area (Å²) in [6.45, 7) is 0.234. The highest BCUT2D eigenvalue weighted by molar-refractivity contribution is 6.34. The number of anilines is 1. The van der Waals surface area contributed by atoms with Gasteiger partial charge in [0.2, 0.25) is 0 Å². The molecule has 0 aliphatic rings. The van der Waals surface area contributed by atoms with Crippen LogP contribution in [-0.4, -0.2) is 18.2 Å². The number of hydrogen-bond donors (Lipinski definition) is 1. The number of rotatable bonds is 4. The number of amides is 1. The first-order chi connectivity index (χ1) is 9.63. The molecule has 0 bridgehead atoms. The van der Waals surface area contributed by atoms with Gasteiger partial charge < -0.3 is 14.6 Å². The second kappa shape index (κ2) is 6.19. The smallest absolute Gasteiger partial charge is 0.277 e. The highest BCUT2D eigenvalue weighted by atomic mass is 35.5. The molecule has 1 aromatic heterocycles. The van der Waals surface area contributed by atoms with Crippen molar-refractivity contribution >= 4 is 23.2 Å². The Morgan fingerprint density at radius 2 is 2.35 bits per heavy atom. The van der Waals surface area contributed by atoms with Crippen LogP contribution in [0.25, 0.3) is 0 Å². The quantitative estimate of drug-likeness (QED) is 0.935. The Hall–Kier alpha value is -2.36. The van der Waals surface area contributed by atoms with Crippen molar-refractivity contribution < 1.29 is 14.1 Å². The summed E-state index contributed by atoms with van der Waals surface area (Å²) in [5.41, 5.74) is 0.932. The molecule has 7 heteroatoms. The molecule has 2 rings (SSSR count). The summed E-state index contributed by atoms with van der Waals surface area (Å²) in [4.78, 5) is 11.9. The molecule has 0 spiro atoms. The minimum Gasteiger partial charge on any atom is -0.377 e. The molecule has 1 N–H and O–H groups in total. The average molecular weight is 292 g/mol. The first kappa shape index (κ1) is 14.1. The van der Waals surface area contributed by atoms with Crippen LogP contribution in [0.1, 0.15) is 21.8 Å². The van der Waals surface area contributed by atoms with Gasteiger partial charge in [-0.15, -0.1) is 0 Å². The number of hydrogen-bond acceptors (Lipinski definition) is 5. The first-order valence-electron chi connectivity index (χ1n) is 5.59. The van der Waals surface area contributed by atoms with Gasteiger partial charge in [-0.3, -0.25) is 4.79 Å². The molecule has 0 saturated carbocycles. The van der Waals surface area contributed by atoms with Crippen molar-refractivity contribution in [2.45, 2.75) is 6.61 Å². The molecule has 1 aromatic carbocycles. The minimum atomic E-state index is -0.456. The number of carbonyl (C=O) groups excluding carboxylic acids is 1. The van der Waals surface area contributed by atoms with Gasteiger partial charge in [-0.1, -0.05) is 16.8 Å². The summed E-state index contributed by atoms with van der Waals surface area (Å²) < 4.78 is 9.79. The molecule has 1 heterocycles. The number of methoxy groups -OCH3 is 1. The Bertz CT molecular complexity index is 676. The lowest BCUT2D eigenvalue weighted by atomic mass is 10.2. The third-order valence-corrected chi connectivity index (χ3v) is 2.74. The van der Waals surface area contributed by atoms with Crippen LogP contribution in [0.4, 0.5) is 5.69 Å². The van der Waals surface area contributed by atoms with Crippen molar-refractivity contribution in [2.24, 2.45) is 0 Å². The Labute approximate surface area is 119 Å². The lowest BCUT2D eigenvalue weighted by molar-refractivity contribution is 0.101. The van der Waals surface area contributed by atoms with Gasteiger partial charge in [0.15, 0.2) is 11.5 Å². The molecule has 1 amide bonds. The minimum absolute atomic E-state index is 0.123. The normalized spacial score (nSPS) is 10.1. The third-order valence-electron chi connectivity index (χ3n) is 2.42. The van der Waals surface area contributed by atoms with Crippen LogP contribution in [0.3, 0.4) is 0 Å². The fourth-order valence-electron chi connectivity index (χ4n) is 1.50. The largest absolute Gasteiger partial charge is 0.377 e. The molecular weight excluding hydrogens is 282 g/mol. The zero-order valence-corrected chi connectivity index (χ0v) is 11.3. The van der Waals surface area contributed by atoms with E-state index in [2.05, 4.69) is 10.5 Å². The van der Waals surface area contributed by atoms with Crippen molar-refractivity contribution in [2.75, 3.05) is 12.4 Å². The number of nitrogens with one attached hydrogen (secondary N) is 1. The molecule has 0 saturated heterocycles. The van der Waals surface area contributed by atoms with E-state index in [0.717, 1.165) is 0 Å². The van der Waals surface area contributed by atoms with Gasteiger partial charge in [0.05, 0.1) is 22.3 Å². The number of nitriles is 1. The maximum absolute atomic E-state index is 11.9. The average Bonchev–Trinajstić information content (AvgIpc) is 2.90. The van der Waals surface area contributed by atoms with Gasteiger partial charge in [0, 0.05) is 13.2 Å². The van der Waals surface area contributed by atoms with E-state index in [4.69, 9.17) is 26.1 Å². The highest BCUT2D eigenvalue weighted by Gasteiger charge is 2.14. The number of aromatic nitrogens is 1. The van der Waals surface area contributed by atoms with Crippen LogP contribution in [0, 0.1) is 11.3 Å². The summed E-state index contributed by atoms with van der Waals surface area (Å²) in [7, 11) is 1.51. The van der Waals surface area contributed by atoms with E-state index in [0.29, 0.717) is 17.0 Å². The van der Waals surface area contributed by atoms with Gasteiger partial charge in [-0.2, -0.15) is 5.26 Å². The van der Waals surface area contributed by atoms with Crippen molar-refractivity contribution in [1.82, 2.24) is 5.16 Å². The fraction of sp³-hybridized carbons (Fsp3) is 0.154.